The van der Waals surface area contributed by atoms with Crippen LogP contribution in [0.15, 0.2) is 18.3 Å². The van der Waals surface area contributed by atoms with Crippen LogP contribution in [0.2, 0.25) is 0 Å². The average molecular weight is 265 g/mol. The molecule has 0 aromatic carbocycles. The lowest BCUT2D eigenvalue weighted by Crippen LogP contribution is -2.45. The second kappa shape index (κ2) is 7.74. The Kier molecular flexibility index (Phi) is 6.29. The molecule has 5 nitrogen and oxygen atoms in total. The molecule has 0 saturated carbocycles. The van der Waals surface area contributed by atoms with Crippen molar-refractivity contribution in [3.05, 3.63) is 23.9 Å². The summed E-state index contributed by atoms with van der Waals surface area (Å²) in [7, 11) is 1.59. The van der Waals surface area contributed by atoms with Gasteiger partial charge in [0.15, 0.2) is 0 Å². The maximum Gasteiger partial charge on any atom is 0.237 e. The number of amides is 1. The lowest BCUT2D eigenvalue weighted by molar-refractivity contribution is -0.123. The maximum atomic E-state index is 11.8. The molecule has 106 valence electrons. The van der Waals surface area contributed by atoms with Crippen LogP contribution < -0.4 is 15.4 Å². The number of hydrogen-bond acceptors (Lipinski definition) is 4. The Morgan fingerprint density at radius 2 is 2.21 bits per heavy atom. The van der Waals surface area contributed by atoms with Crippen molar-refractivity contribution in [3.63, 3.8) is 0 Å². The smallest absolute Gasteiger partial charge is 0.237 e. The lowest BCUT2D eigenvalue weighted by atomic mass is 10.2. The second-order valence-electron chi connectivity index (χ2n) is 4.63. The zero-order chi connectivity index (χ0) is 14.3. The first-order valence-corrected chi connectivity index (χ1v) is 6.59. The van der Waals surface area contributed by atoms with Crippen molar-refractivity contribution in [2.24, 2.45) is 0 Å². The van der Waals surface area contributed by atoms with E-state index in [9.17, 15) is 4.79 Å². The Balaban J connectivity index is 2.44. The molecule has 2 atom stereocenters. The minimum absolute atomic E-state index is 0.0235. The number of nitrogens with zero attached hydrogens (tertiary/aromatic N) is 1. The van der Waals surface area contributed by atoms with E-state index in [0.29, 0.717) is 12.4 Å². The van der Waals surface area contributed by atoms with Crippen molar-refractivity contribution in [3.8, 4) is 5.88 Å². The van der Waals surface area contributed by atoms with Crippen molar-refractivity contribution in [2.75, 3.05) is 7.11 Å². The quantitative estimate of drug-likeness (QED) is 0.784. The van der Waals surface area contributed by atoms with E-state index < -0.39 is 0 Å². The zero-order valence-corrected chi connectivity index (χ0v) is 12.1. The SMILES string of the molecule is CCC(C)NC(=O)C(C)NCc1ccnc(OC)c1. The molecule has 5 heteroatoms. The Bertz CT molecular complexity index is 409. The van der Waals surface area contributed by atoms with Gasteiger partial charge in [0.2, 0.25) is 11.8 Å². The second-order valence-corrected chi connectivity index (χ2v) is 4.63. The molecule has 0 bridgehead atoms. The summed E-state index contributed by atoms with van der Waals surface area (Å²) in [5, 5.41) is 6.13. The number of rotatable bonds is 7. The number of carbonyl (C=O) groups excluding carboxylic acids is 1. The highest BCUT2D eigenvalue weighted by Crippen LogP contribution is 2.08. The first kappa shape index (κ1) is 15.4. The molecule has 0 saturated heterocycles. The van der Waals surface area contributed by atoms with Crippen LogP contribution in [0.4, 0.5) is 0 Å². The Labute approximate surface area is 114 Å². The molecular weight excluding hydrogens is 242 g/mol. The first-order chi connectivity index (χ1) is 9.06. The molecule has 0 spiro atoms. The molecule has 0 aliphatic rings. The average Bonchev–Trinajstić information content (AvgIpc) is 2.44. The molecule has 1 aromatic heterocycles. The molecule has 0 fully saturated rings. The van der Waals surface area contributed by atoms with Gasteiger partial charge in [0, 0.05) is 24.8 Å². The van der Waals surface area contributed by atoms with Crippen molar-refractivity contribution in [1.82, 2.24) is 15.6 Å². The summed E-state index contributed by atoms with van der Waals surface area (Å²) >= 11 is 0. The van der Waals surface area contributed by atoms with Crippen molar-refractivity contribution in [1.29, 1.82) is 0 Å². The topological polar surface area (TPSA) is 63.2 Å². The number of nitrogens with one attached hydrogen (secondary N) is 2. The lowest BCUT2D eigenvalue weighted by Gasteiger charge is -2.17. The summed E-state index contributed by atoms with van der Waals surface area (Å²) in [6, 6.07) is 3.73. The highest BCUT2D eigenvalue weighted by molar-refractivity contribution is 5.81. The molecule has 2 N–H and O–H groups in total. The monoisotopic (exact) mass is 265 g/mol. The number of carbonyl (C=O) groups is 1. The number of methoxy groups -OCH3 is 1. The van der Waals surface area contributed by atoms with Crippen LogP contribution in [0.3, 0.4) is 0 Å². The third kappa shape index (κ3) is 5.26. The highest BCUT2D eigenvalue weighted by Gasteiger charge is 2.13. The van der Waals surface area contributed by atoms with Gasteiger partial charge >= 0.3 is 0 Å². The van der Waals surface area contributed by atoms with Crippen LogP contribution in [-0.2, 0) is 11.3 Å². The molecule has 0 radical (unpaired) electrons. The number of ether oxygens (including phenoxy) is 1. The van der Waals surface area contributed by atoms with E-state index in [2.05, 4.69) is 15.6 Å². The standard InChI is InChI=1S/C14H23N3O2/c1-5-10(2)17-14(18)11(3)16-9-12-6-7-15-13(8-12)19-4/h6-8,10-11,16H,5,9H2,1-4H3,(H,17,18). The fraction of sp³-hybridized carbons (Fsp3) is 0.571. The van der Waals surface area contributed by atoms with E-state index in [4.69, 9.17) is 4.74 Å². The third-order valence-electron chi connectivity index (χ3n) is 3.02. The fourth-order valence-corrected chi connectivity index (χ4v) is 1.51. The minimum Gasteiger partial charge on any atom is -0.481 e. The van der Waals surface area contributed by atoms with Gasteiger partial charge in [-0.2, -0.15) is 0 Å². The zero-order valence-electron chi connectivity index (χ0n) is 12.1. The summed E-state index contributed by atoms with van der Waals surface area (Å²) in [4.78, 5) is 15.9. The molecule has 1 heterocycles. The Morgan fingerprint density at radius 3 is 2.84 bits per heavy atom. The summed E-state index contributed by atoms with van der Waals surface area (Å²) in [6.45, 7) is 6.51. The molecular formula is C14H23N3O2. The van der Waals surface area contributed by atoms with Crippen molar-refractivity contribution >= 4 is 5.91 Å². The Morgan fingerprint density at radius 1 is 1.47 bits per heavy atom. The van der Waals surface area contributed by atoms with Crippen LogP contribution >= 0.6 is 0 Å². The van der Waals surface area contributed by atoms with Gasteiger partial charge < -0.3 is 15.4 Å². The molecule has 2 unspecified atom stereocenters. The van der Waals surface area contributed by atoms with Crippen LogP contribution in [0.25, 0.3) is 0 Å². The molecule has 19 heavy (non-hydrogen) atoms. The van der Waals surface area contributed by atoms with Crippen LogP contribution in [0.1, 0.15) is 32.8 Å². The van der Waals surface area contributed by atoms with Crippen LogP contribution in [0, 0.1) is 0 Å². The van der Waals surface area contributed by atoms with Crippen molar-refractivity contribution < 1.29 is 9.53 Å². The van der Waals surface area contributed by atoms with E-state index >= 15 is 0 Å². The predicted octanol–water partition coefficient (Wildman–Crippen LogP) is 1.48. The van der Waals surface area contributed by atoms with E-state index in [0.717, 1.165) is 12.0 Å². The van der Waals surface area contributed by atoms with E-state index in [1.807, 2.05) is 32.9 Å². The fourth-order valence-electron chi connectivity index (χ4n) is 1.51. The normalized spacial score (nSPS) is 13.7. The molecule has 0 aliphatic heterocycles. The van der Waals surface area contributed by atoms with Gasteiger partial charge in [0.25, 0.3) is 0 Å². The van der Waals surface area contributed by atoms with E-state index in [-0.39, 0.29) is 18.0 Å². The highest BCUT2D eigenvalue weighted by atomic mass is 16.5. The summed E-state index contributed by atoms with van der Waals surface area (Å²) in [6.07, 6.45) is 2.62. The summed E-state index contributed by atoms with van der Waals surface area (Å²) in [5.41, 5.74) is 1.04. The van der Waals surface area contributed by atoms with Crippen LogP contribution in [0.5, 0.6) is 5.88 Å². The molecule has 1 aromatic rings. The van der Waals surface area contributed by atoms with Gasteiger partial charge in [-0.3, -0.25) is 4.79 Å². The van der Waals surface area contributed by atoms with Crippen molar-refractivity contribution in [2.45, 2.75) is 45.8 Å². The van der Waals surface area contributed by atoms with Gasteiger partial charge in [-0.1, -0.05) is 6.92 Å². The molecule has 1 rings (SSSR count). The minimum atomic E-state index is -0.229. The largest absolute Gasteiger partial charge is 0.481 e. The van der Waals surface area contributed by atoms with Gasteiger partial charge in [-0.15, -0.1) is 0 Å². The van der Waals surface area contributed by atoms with Gasteiger partial charge in [-0.25, -0.2) is 4.98 Å². The summed E-state index contributed by atoms with van der Waals surface area (Å²) < 4.78 is 5.06. The number of aromatic nitrogens is 1. The Hall–Kier alpha value is -1.62. The predicted molar refractivity (Wildman–Crippen MR) is 75.0 cm³/mol. The maximum absolute atomic E-state index is 11.8. The van der Waals surface area contributed by atoms with E-state index in [1.165, 1.54) is 0 Å². The first-order valence-electron chi connectivity index (χ1n) is 6.59. The summed E-state index contributed by atoms with van der Waals surface area (Å²) in [5.74, 6) is 0.603. The van der Waals surface area contributed by atoms with Crippen LogP contribution in [-0.4, -0.2) is 30.1 Å². The van der Waals surface area contributed by atoms with E-state index in [1.54, 1.807) is 13.3 Å². The number of hydrogen-bond donors (Lipinski definition) is 2. The molecule has 0 aliphatic carbocycles. The third-order valence-corrected chi connectivity index (χ3v) is 3.02. The van der Waals surface area contributed by atoms with Gasteiger partial charge in [0.1, 0.15) is 0 Å². The van der Waals surface area contributed by atoms with Gasteiger partial charge in [-0.05, 0) is 31.9 Å². The van der Waals surface area contributed by atoms with Gasteiger partial charge in [0.05, 0.1) is 13.2 Å². The molecule has 1 amide bonds. The number of pyridine rings is 1.